The second kappa shape index (κ2) is 7.57. The van der Waals surface area contributed by atoms with Crippen LogP contribution in [0.4, 0.5) is 0 Å². The molecule has 0 radical (unpaired) electrons. The van der Waals surface area contributed by atoms with Crippen molar-refractivity contribution < 1.29 is 14.6 Å². The Morgan fingerprint density at radius 3 is 2.65 bits per heavy atom. The normalized spacial score (nSPS) is 11.3. The number of nitrogens with one attached hydrogen (secondary N) is 1. The maximum Gasteiger partial charge on any atom is 0.263 e. The number of hydrogen-bond acceptors (Lipinski definition) is 5. The lowest BCUT2D eigenvalue weighted by molar-refractivity contribution is 0.0932. The highest BCUT2D eigenvalue weighted by atomic mass is 32.1. The molecule has 23 heavy (non-hydrogen) atoms. The van der Waals surface area contributed by atoms with Gasteiger partial charge in [-0.1, -0.05) is 13.8 Å². The van der Waals surface area contributed by atoms with E-state index in [2.05, 4.69) is 10.3 Å². The van der Waals surface area contributed by atoms with Crippen molar-refractivity contribution in [3.05, 3.63) is 35.3 Å². The van der Waals surface area contributed by atoms with Gasteiger partial charge >= 0.3 is 0 Å². The molecule has 0 aliphatic heterocycles. The smallest absolute Gasteiger partial charge is 0.263 e. The molecule has 2 rings (SSSR count). The molecule has 0 fully saturated rings. The average molecular weight is 334 g/mol. The fourth-order valence-electron chi connectivity index (χ4n) is 2.04. The van der Waals surface area contributed by atoms with Crippen molar-refractivity contribution in [3.63, 3.8) is 0 Å². The summed E-state index contributed by atoms with van der Waals surface area (Å²) in [7, 11) is 1.62. The summed E-state index contributed by atoms with van der Waals surface area (Å²) in [5.74, 6) is 0.655. The maximum atomic E-state index is 12.2. The van der Waals surface area contributed by atoms with E-state index in [9.17, 15) is 4.79 Å². The third-order valence-corrected chi connectivity index (χ3v) is 4.63. The monoisotopic (exact) mass is 334 g/mol. The molecule has 0 aliphatic carbocycles. The molecule has 0 saturated heterocycles. The van der Waals surface area contributed by atoms with Gasteiger partial charge in [-0.05, 0) is 36.1 Å². The van der Waals surface area contributed by atoms with E-state index in [4.69, 9.17) is 9.84 Å². The van der Waals surface area contributed by atoms with Crippen molar-refractivity contribution in [1.29, 1.82) is 0 Å². The van der Waals surface area contributed by atoms with Crippen molar-refractivity contribution in [2.24, 2.45) is 5.41 Å². The number of nitrogens with zero attached hydrogens (tertiary/aromatic N) is 1. The van der Waals surface area contributed by atoms with E-state index in [1.54, 1.807) is 13.3 Å². The zero-order chi connectivity index (χ0) is 16.9. The van der Waals surface area contributed by atoms with Crippen LogP contribution in [-0.4, -0.2) is 36.3 Å². The van der Waals surface area contributed by atoms with Gasteiger partial charge in [-0.2, -0.15) is 0 Å². The Hall–Kier alpha value is -1.92. The van der Waals surface area contributed by atoms with Gasteiger partial charge in [0.25, 0.3) is 5.91 Å². The third kappa shape index (κ3) is 4.77. The van der Waals surface area contributed by atoms with Crippen LogP contribution >= 0.6 is 11.3 Å². The number of thiazole rings is 1. The molecule has 0 aliphatic rings. The Morgan fingerprint density at radius 2 is 2.04 bits per heavy atom. The third-order valence-electron chi connectivity index (χ3n) is 3.58. The van der Waals surface area contributed by atoms with E-state index < -0.39 is 0 Å². The van der Waals surface area contributed by atoms with E-state index in [1.807, 2.05) is 38.1 Å². The summed E-state index contributed by atoms with van der Waals surface area (Å²) in [6.45, 7) is 4.66. The Bertz CT molecular complexity index is 650. The molecular formula is C17H22N2O3S. The number of methoxy groups -OCH3 is 1. The molecule has 0 atom stereocenters. The number of hydrogen-bond donors (Lipinski definition) is 2. The largest absolute Gasteiger partial charge is 0.497 e. The summed E-state index contributed by atoms with van der Waals surface area (Å²) in [5.41, 5.74) is 0.823. The average Bonchev–Trinajstić information content (AvgIpc) is 3.03. The summed E-state index contributed by atoms with van der Waals surface area (Å²) < 4.78 is 5.13. The molecule has 1 amide bonds. The minimum Gasteiger partial charge on any atom is -0.497 e. The van der Waals surface area contributed by atoms with Crippen LogP contribution in [0.3, 0.4) is 0 Å². The quantitative estimate of drug-likeness (QED) is 0.816. The Kier molecular flexibility index (Phi) is 5.74. The highest BCUT2D eigenvalue weighted by molar-refractivity contribution is 7.16. The number of aromatic nitrogens is 1. The second-order valence-electron chi connectivity index (χ2n) is 6.08. The van der Waals surface area contributed by atoms with Gasteiger partial charge in [-0.15, -0.1) is 11.3 Å². The zero-order valence-corrected chi connectivity index (χ0v) is 14.4. The molecule has 0 saturated carbocycles. The lowest BCUT2D eigenvalue weighted by atomic mass is 9.90. The van der Waals surface area contributed by atoms with Crippen molar-refractivity contribution in [2.75, 3.05) is 20.3 Å². The predicted molar refractivity (Wildman–Crippen MR) is 91.9 cm³/mol. The van der Waals surface area contributed by atoms with Gasteiger partial charge in [0.2, 0.25) is 0 Å². The van der Waals surface area contributed by atoms with Crippen LogP contribution in [0.2, 0.25) is 0 Å². The van der Waals surface area contributed by atoms with E-state index >= 15 is 0 Å². The van der Waals surface area contributed by atoms with Crippen molar-refractivity contribution in [2.45, 2.75) is 20.3 Å². The Balaban J connectivity index is 2.02. The first-order valence-corrected chi connectivity index (χ1v) is 8.26. The van der Waals surface area contributed by atoms with Crippen LogP contribution < -0.4 is 10.1 Å². The zero-order valence-electron chi connectivity index (χ0n) is 13.6. The lowest BCUT2D eigenvalue weighted by Crippen LogP contribution is -2.34. The molecule has 0 unspecified atom stereocenters. The summed E-state index contributed by atoms with van der Waals surface area (Å²) in [4.78, 5) is 17.1. The highest BCUT2D eigenvalue weighted by Crippen LogP contribution is 2.27. The van der Waals surface area contributed by atoms with Crippen LogP contribution in [0.1, 0.15) is 29.9 Å². The molecule has 0 spiro atoms. The first-order valence-electron chi connectivity index (χ1n) is 7.44. The molecule has 6 heteroatoms. The first-order chi connectivity index (χ1) is 10.9. The van der Waals surface area contributed by atoms with Gasteiger partial charge in [0.15, 0.2) is 0 Å². The standard InChI is InChI=1S/C17H22N2O3S/c1-17(2,8-9-20)11-19-15(21)14-10-18-16(23-14)12-4-6-13(22-3)7-5-12/h4-7,10,20H,8-9,11H2,1-3H3,(H,19,21). The first kappa shape index (κ1) is 17.4. The number of ether oxygens (including phenoxy) is 1. The summed E-state index contributed by atoms with van der Waals surface area (Å²) in [5, 5.41) is 12.7. The summed E-state index contributed by atoms with van der Waals surface area (Å²) in [6, 6.07) is 7.58. The molecule has 1 aromatic carbocycles. The fourth-order valence-corrected chi connectivity index (χ4v) is 2.88. The van der Waals surface area contributed by atoms with Crippen LogP contribution in [0, 0.1) is 5.41 Å². The molecule has 124 valence electrons. The fraction of sp³-hybridized carbons (Fsp3) is 0.412. The molecule has 2 aromatic rings. The van der Waals surface area contributed by atoms with E-state index in [-0.39, 0.29) is 17.9 Å². The molecule has 2 N–H and O–H groups in total. The van der Waals surface area contributed by atoms with E-state index in [0.29, 0.717) is 17.8 Å². The van der Waals surface area contributed by atoms with Gasteiger partial charge < -0.3 is 15.2 Å². The number of amides is 1. The van der Waals surface area contributed by atoms with E-state index in [1.165, 1.54) is 11.3 Å². The number of rotatable bonds is 7. The van der Waals surface area contributed by atoms with Gasteiger partial charge in [0.05, 0.1) is 13.3 Å². The van der Waals surface area contributed by atoms with Crippen molar-refractivity contribution >= 4 is 17.2 Å². The lowest BCUT2D eigenvalue weighted by Gasteiger charge is -2.23. The van der Waals surface area contributed by atoms with Crippen LogP contribution in [0.25, 0.3) is 10.6 Å². The number of aliphatic hydroxyl groups is 1. The van der Waals surface area contributed by atoms with Crippen molar-refractivity contribution in [3.8, 4) is 16.3 Å². The number of carbonyl (C=O) groups is 1. The molecule has 1 heterocycles. The molecule has 1 aromatic heterocycles. The van der Waals surface area contributed by atoms with Gasteiger partial charge in [0.1, 0.15) is 15.6 Å². The topological polar surface area (TPSA) is 71.5 Å². The van der Waals surface area contributed by atoms with Gasteiger partial charge in [-0.3, -0.25) is 4.79 Å². The van der Waals surface area contributed by atoms with Crippen LogP contribution in [0.15, 0.2) is 30.5 Å². The molecule has 5 nitrogen and oxygen atoms in total. The molecular weight excluding hydrogens is 312 g/mol. The predicted octanol–water partition coefficient (Wildman–Crippen LogP) is 2.96. The maximum absolute atomic E-state index is 12.2. The highest BCUT2D eigenvalue weighted by Gasteiger charge is 2.19. The molecule has 0 bridgehead atoms. The number of aliphatic hydroxyl groups excluding tert-OH is 1. The van der Waals surface area contributed by atoms with Gasteiger partial charge in [-0.25, -0.2) is 4.98 Å². The van der Waals surface area contributed by atoms with Crippen molar-refractivity contribution in [1.82, 2.24) is 10.3 Å². The Morgan fingerprint density at radius 1 is 1.35 bits per heavy atom. The summed E-state index contributed by atoms with van der Waals surface area (Å²) >= 11 is 1.36. The minimum absolute atomic E-state index is 0.116. The Labute approximate surface area is 140 Å². The van der Waals surface area contributed by atoms with E-state index in [0.717, 1.165) is 16.3 Å². The second-order valence-corrected chi connectivity index (χ2v) is 7.11. The minimum atomic E-state index is -0.131. The van der Waals surface area contributed by atoms with Gasteiger partial charge in [0, 0.05) is 18.7 Å². The summed E-state index contributed by atoms with van der Waals surface area (Å²) in [6.07, 6.45) is 2.24. The number of benzene rings is 1. The van der Waals surface area contributed by atoms with Crippen LogP contribution in [-0.2, 0) is 0 Å². The number of carbonyl (C=O) groups excluding carboxylic acids is 1. The SMILES string of the molecule is COc1ccc(-c2ncc(C(=O)NCC(C)(C)CCO)s2)cc1. The van der Waals surface area contributed by atoms with Crippen LogP contribution in [0.5, 0.6) is 5.75 Å².